The predicted molar refractivity (Wildman–Crippen MR) is 76.6 cm³/mol. The maximum Gasteiger partial charge on any atom is 0.146 e. The molecule has 0 atom stereocenters. The van der Waals surface area contributed by atoms with E-state index in [1.165, 1.54) is 5.56 Å². The summed E-state index contributed by atoms with van der Waals surface area (Å²) in [6.45, 7) is 5.96. The van der Waals surface area contributed by atoms with Crippen molar-refractivity contribution in [3.63, 3.8) is 0 Å². The molecule has 0 aliphatic carbocycles. The third kappa shape index (κ3) is 2.48. The van der Waals surface area contributed by atoms with Crippen molar-refractivity contribution in [3.8, 4) is 23.6 Å². The third-order valence-corrected chi connectivity index (χ3v) is 3.08. The van der Waals surface area contributed by atoms with Crippen LogP contribution in [0.3, 0.4) is 0 Å². The molecule has 0 aromatic heterocycles. The first-order valence-electron chi connectivity index (χ1n) is 6.25. The van der Waals surface area contributed by atoms with Gasteiger partial charge < -0.3 is 4.74 Å². The summed E-state index contributed by atoms with van der Waals surface area (Å²) in [6.07, 6.45) is 0. The molecule has 2 rings (SSSR count). The first kappa shape index (κ1) is 13.6. The zero-order valence-electron chi connectivity index (χ0n) is 11.7. The van der Waals surface area contributed by atoms with E-state index in [1.807, 2.05) is 45.0 Å². The van der Waals surface area contributed by atoms with Gasteiger partial charge in [0.15, 0.2) is 0 Å². The number of hydrogen-bond donors (Lipinski definition) is 0. The highest BCUT2D eigenvalue weighted by molar-refractivity contribution is 5.56. The van der Waals surface area contributed by atoms with Gasteiger partial charge in [-0.2, -0.15) is 10.5 Å². The molecule has 2 aromatic carbocycles. The van der Waals surface area contributed by atoms with Crippen LogP contribution >= 0.6 is 0 Å². The SMILES string of the molecule is Cc1cc(C)c(Oc2cccc(C#N)c2C#N)c(C)c1. The zero-order valence-corrected chi connectivity index (χ0v) is 11.7. The van der Waals surface area contributed by atoms with E-state index in [0.29, 0.717) is 11.3 Å². The molecule has 0 amide bonds. The lowest BCUT2D eigenvalue weighted by molar-refractivity contribution is 0.473. The van der Waals surface area contributed by atoms with E-state index in [0.717, 1.165) is 16.9 Å². The summed E-state index contributed by atoms with van der Waals surface area (Å²) in [5.41, 5.74) is 3.78. The molecule has 20 heavy (non-hydrogen) atoms. The van der Waals surface area contributed by atoms with Crippen LogP contribution in [0.1, 0.15) is 27.8 Å². The highest BCUT2D eigenvalue weighted by atomic mass is 16.5. The Labute approximate surface area is 118 Å². The van der Waals surface area contributed by atoms with E-state index in [-0.39, 0.29) is 5.56 Å². The van der Waals surface area contributed by atoms with E-state index in [4.69, 9.17) is 10.00 Å². The lowest BCUT2D eigenvalue weighted by Gasteiger charge is -2.14. The maximum absolute atomic E-state index is 9.21. The second kappa shape index (κ2) is 5.47. The molecule has 0 saturated carbocycles. The zero-order chi connectivity index (χ0) is 14.7. The normalized spacial score (nSPS) is 9.65. The van der Waals surface area contributed by atoms with Crippen LogP contribution in [0.4, 0.5) is 0 Å². The fourth-order valence-electron chi connectivity index (χ4n) is 2.26. The van der Waals surface area contributed by atoms with Crippen LogP contribution in [0, 0.1) is 43.4 Å². The smallest absolute Gasteiger partial charge is 0.146 e. The Morgan fingerprint density at radius 3 is 2.15 bits per heavy atom. The van der Waals surface area contributed by atoms with Crippen LogP contribution in [-0.2, 0) is 0 Å². The molecule has 0 aliphatic rings. The van der Waals surface area contributed by atoms with Crippen LogP contribution in [0.15, 0.2) is 30.3 Å². The minimum atomic E-state index is 0.273. The molecule has 0 unspecified atom stereocenters. The van der Waals surface area contributed by atoms with Gasteiger partial charge >= 0.3 is 0 Å². The number of nitriles is 2. The molecule has 3 heteroatoms. The van der Waals surface area contributed by atoms with Crippen molar-refractivity contribution >= 4 is 0 Å². The van der Waals surface area contributed by atoms with Gasteiger partial charge in [0, 0.05) is 0 Å². The Bertz CT molecular complexity index is 726. The highest BCUT2D eigenvalue weighted by Crippen LogP contribution is 2.32. The molecule has 0 fully saturated rings. The second-order valence-corrected chi connectivity index (χ2v) is 4.73. The van der Waals surface area contributed by atoms with Crippen LogP contribution in [0.5, 0.6) is 11.5 Å². The molecular formula is C17H14N2O. The minimum Gasteiger partial charge on any atom is -0.455 e. The van der Waals surface area contributed by atoms with Crippen LogP contribution < -0.4 is 4.74 Å². The van der Waals surface area contributed by atoms with E-state index < -0.39 is 0 Å². The first-order valence-corrected chi connectivity index (χ1v) is 6.25. The summed E-state index contributed by atoms with van der Waals surface area (Å²) in [5, 5.41) is 18.2. The van der Waals surface area contributed by atoms with Crippen molar-refractivity contribution in [1.82, 2.24) is 0 Å². The van der Waals surface area contributed by atoms with Crippen LogP contribution in [0.25, 0.3) is 0 Å². The Morgan fingerprint density at radius 2 is 1.60 bits per heavy atom. The second-order valence-electron chi connectivity index (χ2n) is 4.73. The summed E-state index contributed by atoms with van der Waals surface area (Å²) in [5.74, 6) is 1.16. The third-order valence-electron chi connectivity index (χ3n) is 3.08. The van der Waals surface area contributed by atoms with Gasteiger partial charge in [-0.25, -0.2) is 0 Å². The van der Waals surface area contributed by atoms with Crippen molar-refractivity contribution in [2.24, 2.45) is 0 Å². The van der Waals surface area contributed by atoms with Gasteiger partial charge in [0.25, 0.3) is 0 Å². The predicted octanol–water partition coefficient (Wildman–Crippen LogP) is 4.15. The van der Waals surface area contributed by atoms with Crippen molar-refractivity contribution in [2.45, 2.75) is 20.8 Å². The van der Waals surface area contributed by atoms with E-state index in [9.17, 15) is 5.26 Å². The summed E-state index contributed by atoms with van der Waals surface area (Å²) in [6, 6.07) is 13.1. The van der Waals surface area contributed by atoms with E-state index in [2.05, 4.69) is 0 Å². The van der Waals surface area contributed by atoms with Crippen molar-refractivity contribution < 1.29 is 4.74 Å². The lowest BCUT2D eigenvalue weighted by Crippen LogP contribution is -1.96. The Balaban J connectivity index is 2.52. The fraction of sp³-hybridized carbons (Fsp3) is 0.176. The lowest BCUT2D eigenvalue weighted by atomic mass is 10.1. The number of rotatable bonds is 2. The van der Waals surface area contributed by atoms with Gasteiger partial charge in [-0.15, -0.1) is 0 Å². The summed E-state index contributed by atoms with van der Waals surface area (Å²) in [7, 11) is 0. The minimum absolute atomic E-state index is 0.273. The number of hydrogen-bond acceptors (Lipinski definition) is 3. The molecular weight excluding hydrogens is 248 g/mol. The number of nitrogens with zero attached hydrogens (tertiary/aromatic N) is 2. The molecule has 0 spiro atoms. The van der Waals surface area contributed by atoms with Crippen molar-refractivity contribution in [1.29, 1.82) is 10.5 Å². The van der Waals surface area contributed by atoms with Gasteiger partial charge in [0.05, 0.1) is 5.56 Å². The quantitative estimate of drug-likeness (QED) is 0.817. The molecule has 0 bridgehead atoms. The summed E-state index contributed by atoms with van der Waals surface area (Å²) < 4.78 is 5.89. The standard InChI is InChI=1S/C17H14N2O/c1-11-7-12(2)17(13(3)8-11)20-16-6-4-5-14(9-18)15(16)10-19/h4-8H,1-3H3. The summed E-state index contributed by atoms with van der Waals surface area (Å²) >= 11 is 0. The van der Waals surface area contributed by atoms with Gasteiger partial charge in [-0.1, -0.05) is 23.8 Å². The molecule has 0 aliphatic heterocycles. The van der Waals surface area contributed by atoms with Gasteiger partial charge in [0.1, 0.15) is 29.2 Å². The van der Waals surface area contributed by atoms with Crippen LogP contribution in [0.2, 0.25) is 0 Å². The topological polar surface area (TPSA) is 56.8 Å². The summed E-state index contributed by atoms with van der Waals surface area (Å²) in [4.78, 5) is 0. The number of benzene rings is 2. The average molecular weight is 262 g/mol. The maximum atomic E-state index is 9.21. The van der Waals surface area contributed by atoms with Gasteiger partial charge in [-0.05, 0) is 44.0 Å². The first-order chi connectivity index (χ1) is 9.56. The van der Waals surface area contributed by atoms with Crippen molar-refractivity contribution in [3.05, 3.63) is 58.1 Å². The number of aryl methyl sites for hydroxylation is 3. The largest absolute Gasteiger partial charge is 0.455 e. The fourth-order valence-corrected chi connectivity index (χ4v) is 2.26. The van der Waals surface area contributed by atoms with Gasteiger partial charge in [-0.3, -0.25) is 0 Å². The molecule has 0 N–H and O–H groups in total. The average Bonchev–Trinajstić information content (AvgIpc) is 2.42. The van der Waals surface area contributed by atoms with Crippen molar-refractivity contribution in [2.75, 3.05) is 0 Å². The van der Waals surface area contributed by atoms with E-state index in [1.54, 1.807) is 18.2 Å². The molecule has 2 aromatic rings. The number of ether oxygens (including phenoxy) is 1. The monoisotopic (exact) mass is 262 g/mol. The highest BCUT2D eigenvalue weighted by Gasteiger charge is 2.12. The Kier molecular flexibility index (Phi) is 3.73. The molecule has 98 valence electrons. The Morgan fingerprint density at radius 1 is 0.950 bits per heavy atom. The molecule has 0 radical (unpaired) electrons. The van der Waals surface area contributed by atoms with Crippen LogP contribution in [-0.4, -0.2) is 0 Å². The Hall–Kier alpha value is -2.78. The molecule has 0 saturated heterocycles. The molecule has 0 heterocycles. The molecule has 3 nitrogen and oxygen atoms in total. The van der Waals surface area contributed by atoms with E-state index >= 15 is 0 Å². The van der Waals surface area contributed by atoms with Gasteiger partial charge in [0.2, 0.25) is 0 Å².